The van der Waals surface area contributed by atoms with Crippen molar-refractivity contribution in [3.8, 4) is 11.5 Å². The molecule has 0 radical (unpaired) electrons. The van der Waals surface area contributed by atoms with Crippen LogP contribution >= 0.6 is 0 Å². The number of carbonyl (C=O) groups is 3. The minimum absolute atomic E-state index is 0.123. The van der Waals surface area contributed by atoms with Gasteiger partial charge < -0.3 is 25.2 Å². The summed E-state index contributed by atoms with van der Waals surface area (Å²) < 4.78 is 10.9. The second-order valence-electron chi connectivity index (χ2n) is 9.17. The Morgan fingerprint density at radius 1 is 0.946 bits per heavy atom. The number of hydrogen-bond donors (Lipinski definition) is 3. The normalized spacial score (nSPS) is 14.6. The van der Waals surface area contributed by atoms with Crippen LogP contribution in [0.4, 0.5) is 0 Å². The average Bonchev–Trinajstić information content (AvgIpc) is 3.60. The number of amides is 2. The van der Waals surface area contributed by atoms with Crippen LogP contribution in [-0.4, -0.2) is 48.7 Å². The van der Waals surface area contributed by atoms with Crippen LogP contribution in [0, 0.1) is 0 Å². The number of fused-ring (bicyclic) bond motifs is 1. The van der Waals surface area contributed by atoms with Gasteiger partial charge in [0, 0.05) is 30.7 Å². The molecule has 2 aromatic rings. The first-order valence-corrected chi connectivity index (χ1v) is 12.6. The average molecular weight is 505 g/mol. The standard InChI is InChI=1S/C29H32N2O6/c32-18-24(33)4-2-1-3-15-30-28(34)14-9-20-5-7-21(8-6-20)16-25(29(35)31-23-11-12-23)22-10-13-26-27(17-22)37-19-36-26/h5-10,13-14,16-17,23,32H,1-4,11-12,15,18-19H2,(H,30,34)(H,31,35)/b14-9+,25-16+. The van der Waals surface area contributed by atoms with E-state index in [1.54, 1.807) is 6.08 Å². The molecule has 194 valence electrons. The third kappa shape index (κ3) is 8.05. The number of aliphatic hydroxyl groups excluding tert-OH is 1. The predicted molar refractivity (Wildman–Crippen MR) is 141 cm³/mol. The molecule has 1 heterocycles. The van der Waals surface area contributed by atoms with E-state index >= 15 is 0 Å². The molecular formula is C29H32N2O6. The minimum atomic E-state index is -0.407. The van der Waals surface area contributed by atoms with Crippen LogP contribution in [0.3, 0.4) is 0 Å². The van der Waals surface area contributed by atoms with Crippen LogP contribution in [0.2, 0.25) is 0 Å². The lowest BCUT2D eigenvalue weighted by molar-refractivity contribution is -0.122. The van der Waals surface area contributed by atoms with Crippen molar-refractivity contribution >= 4 is 35.3 Å². The van der Waals surface area contributed by atoms with Crippen molar-refractivity contribution in [3.05, 3.63) is 65.2 Å². The fourth-order valence-corrected chi connectivity index (χ4v) is 3.85. The van der Waals surface area contributed by atoms with Crippen LogP contribution in [-0.2, 0) is 14.4 Å². The van der Waals surface area contributed by atoms with E-state index in [9.17, 15) is 14.4 Å². The van der Waals surface area contributed by atoms with Crippen LogP contribution in [0.15, 0.2) is 48.5 Å². The van der Waals surface area contributed by atoms with E-state index in [-0.39, 0.29) is 30.4 Å². The van der Waals surface area contributed by atoms with Gasteiger partial charge in [0.1, 0.15) is 6.61 Å². The molecule has 0 atom stereocenters. The molecule has 0 aromatic heterocycles. The van der Waals surface area contributed by atoms with Gasteiger partial charge in [-0.1, -0.05) is 36.8 Å². The molecule has 0 unspecified atom stereocenters. The zero-order valence-electron chi connectivity index (χ0n) is 20.7. The first-order chi connectivity index (χ1) is 18.0. The largest absolute Gasteiger partial charge is 0.454 e. The van der Waals surface area contributed by atoms with Gasteiger partial charge >= 0.3 is 0 Å². The number of benzene rings is 2. The van der Waals surface area contributed by atoms with Crippen LogP contribution in [0.5, 0.6) is 11.5 Å². The Morgan fingerprint density at radius 3 is 2.46 bits per heavy atom. The van der Waals surface area contributed by atoms with Crippen molar-refractivity contribution in [3.63, 3.8) is 0 Å². The number of ketones is 1. The van der Waals surface area contributed by atoms with Crippen molar-refractivity contribution in [1.82, 2.24) is 10.6 Å². The molecular weight excluding hydrogens is 472 g/mol. The lowest BCUT2D eigenvalue weighted by Crippen LogP contribution is -2.26. The number of aliphatic hydroxyl groups is 1. The third-order valence-electron chi connectivity index (χ3n) is 6.12. The van der Waals surface area contributed by atoms with E-state index < -0.39 is 6.61 Å². The quantitative estimate of drug-likeness (QED) is 0.219. The van der Waals surface area contributed by atoms with E-state index in [1.165, 1.54) is 6.08 Å². The lowest BCUT2D eigenvalue weighted by atomic mass is 10.0. The molecule has 2 amide bonds. The summed E-state index contributed by atoms with van der Waals surface area (Å²) in [4.78, 5) is 36.1. The minimum Gasteiger partial charge on any atom is -0.454 e. The Morgan fingerprint density at radius 2 is 1.70 bits per heavy atom. The number of ether oxygens (including phenoxy) is 2. The van der Waals surface area contributed by atoms with E-state index in [2.05, 4.69) is 10.6 Å². The zero-order chi connectivity index (χ0) is 26.0. The number of carbonyl (C=O) groups excluding carboxylic acids is 3. The highest BCUT2D eigenvalue weighted by atomic mass is 16.7. The summed E-state index contributed by atoms with van der Waals surface area (Å²) in [6, 6.07) is 13.3. The number of rotatable bonds is 13. The lowest BCUT2D eigenvalue weighted by Gasteiger charge is -2.10. The summed E-state index contributed by atoms with van der Waals surface area (Å²) in [6.07, 6.45) is 9.76. The topological polar surface area (TPSA) is 114 Å². The molecule has 1 saturated carbocycles. The van der Waals surface area contributed by atoms with E-state index in [1.807, 2.05) is 48.5 Å². The van der Waals surface area contributed by atoms with Crippen molar-refractivity contribution in [2.24, 2.45) is 0 Å². The van der Waals surface area contributed by atoms with Gasteiger partial charge in [0.15, 0.2) is 17.3 Å². The monoisotopic (exact) mass is 504 g/mol. The van der Waals surface area contributed by atoms with Crippen molar-refractivity contribution in [2.45, 2.75) is 44.6 Å². The van der Waals surface area contributed by atoms with Crippen LogP contribution < -0.4 is 20.1 Å². The van der Waals surface area contributed by atoms with Gasteiger partial charge in [-0.3, -0.25) is 14.4 Å². The molecule has 3 N–H and O–H groups in total. The molecule has 0 spiro atoms. The van der Waals surface area contributed by atoms with Gasteiger partial charge in [-0.2, -0.15) is 0 Å². The molecule has 1 aliphatic carbocycles. The van der Waals surface area contributed by atoms with Crippen molar-refractivity contribution < 1.29 is 29.0 Å². The van der Waals surface area contributed by atoms with Gasteiger partial charge in [0.05, 0.1) is 0 Å². The summed E-state index contributed by atoms with van der Waals surface area (Å²) >= 11 is 0. The maximum absolute atomic E-state index is 13.0. The summed E-state index contributed by atoms with van der Waals surface area (Å²) in [7, 11) is 0. The highest BCUT2D eigenvalue weighted by Crippen LogP contribution is 2.35. The Hall–Kier alpha value is -3.91. The van der Waals surface area contributed by atoms with Gasteiger partial charge in [-0.05, 0) is 66.7 Å². The molecule has 0 bridgehead atoms. The SMILES string of the molecule is O=C(CO)CCCCCNC(=O)/C=C/c1ccc(/C=C(/C(=O)NC2CC2)c2ccc3c(c2)OCO3)cc1. The molecule has 4 rings (SSSR count). The van der Waals surface area contributed by atoms with Crippen molar-refractivity contribution in [1.29, 1.82) is 0 Å². The highest BCUT2D eigenvalue weighted by Gasteiger charge is 2.26. The Bertz CT molecular complexity index is 1180. The van der Waals surface area contributed by atoms with Gasteiger partial charge in [0.25, 0.3) is 5.91 Å². The first-order valence-electron chi connectivity index (χ1n) is 12.6. The maximum atomic E-state index is 13.0. The summed E-state index contributed by atoms with van der Waals surface area (Å²) in [5.74, 6) is 0.831. The number of nitrogens with one attached hydrogen (secondary N) is 2. The Kier molecular flexibility index (Phi) is 9.10. The summed E-state index contributed by atoms with van der Waals surface area (Å²) in [5.41, 5.74) is 3.03. The van der Waals surface area contributed by atoms with Gasteiger partial charge in [-0.25, -0.2) is 0 Å². The molecule has 37 heavy (non-hydrogen) atoms. The van der Waals surface area contributed by atoms with E-state index in [0.29, 0.717) is 36.5 Å². The fraction of sp³-hybridized carbons (Fsp3) is 0.345. The molecule has 0 saturated heterocycles. The maximum Gasteiger partial charge on any atom is 0.252 e. The van der Waals surface area contributed by atoms with Crippen LogP contribution in [0.1, 0.15) is 55.2 Å². The third-order valence-corrected chi connectivity index (χ3v) is 6.12. The fourth-order valence-electron chi connectivity index (χ4n) is 3.85. The number of Topliss-reactive ketones (excluding diaryl/α,β-unsaturated/α-hetero) is 1. The molecule has 2 aliphatic rings. The van der Waals surface area contributed by atoms with Gasteiger partial charge in [0.2, 0.25) is 12.7 Å². The Labute approximate surface area is 216 Å². The summed E-state index contributed by atoms with van der Waals surface area (Å²) in [6.45, 7) is 0.300. The van der Waals surface area contributed by atoms with Crippen molar-refractivity contribution in [2.75, 3.05) is 19.9 Å². The second kappa shape index (κ2) is 12.9. The first kappa shape index (κ1) is 26.2. The van der Waals surface area contributed by atoms with E-state index in [4.69, 9.17) is 14.6 Å². The molecule has 8 nitrogen and oxygen atoms in total. The van der Waals surface area contributed by atoms with Crippen LogP contribution in [0.25, 0.3) is 17.7 Å². The summed E-state index contributed by atoms with van der Waals surface area (Å²) in [5, 5.41) is 14.6. The van der Waals surface area contributed by atoms with Gasteiger partial charge in [-0.15, -0.1) is 0 Å². The second-order valence-corrected chi connectivity index (χ2v) is 9.17. The zero-order valence-corrected chi connectivity index (χ0v) is 20.7. The molecule has 1 aliphatic heterocycles. The number of unbranched alkanes of at least 4 members (excludes halogenated alkanes) is 2. The molecule has 8 heteroatoms. The van der Waals surface area contributed by atoms with E-state index in [0.717, 1.165) is 42.4 Å². The highest BCUT2D eigenvalue weighted by molar-refractivity contribution is 6.24. The smallest absolute Gasteiger partial charge is 0.252 e. The molecule has 1 fully saturated rings. The predicted octanol–water partition coefficient (Wildman–Crippen LogP) is 3.49. The Balaban J connectivity index is 1.34. The number of hydrogen-bond acceptors (Lipinski definition) is 6. The molecule has 2 aromatic carbocycles.